The molecule has 160 valence electrons. The lowest BCUT2D eigenvalue weighted by atomic mass is 9.92. The number of sulfonamides is 1. The Bertz CT molecular complexity index is 1010. The standard InChI is InChI=1S/C21H24N2O6S/c1-3-29-19(24)13-17-14-22(30(27,28)18-11-9-15(2)10-12-18)20(21(17)23(25)26)16-7-5-4-6-8-16/h4-12,17,20-21H,3,13-14H2,1-2H3/t17-,20-,21+/m0/s1. The molecular weight excluding hydrogens is 408 g/mol. The first-order chi connectivity index (χ1) is 14.3. The van der Waals surface area contributed by atoms with Crippen molar-refractivity contribution < 1.29 is 22.9 Å². The van der Waals surface area contributed by atoms with Crippen LogP contribution in [-0.4, -0.2) is 42.8 Å². The molecule has 2 aromatic rings. The Morgan fingerprint density at radius 3 is 2.37 bits per heavy atom. The third kappa shape index (κ3) is 4.36. The quantitative estimate of drug-likeness (QED) is 0.378. The van der Waals surface area contributed by atoms with Crippen molar-refractivity contribution in [1.29, 1.82) is 0 Å². The maximum absolute atomic E-state index is 13.4. The third-order valence-corrected chi connectivity index (χ3v) is 7.14. The largest absolute Gasteiger partial charge is 0.466 e. The van der Waals surface area contributed by atoms with Gasteiger partial charge < -0.3 is 4.74 Å². The van der Waals surface area contributed by atoms with E-state index in [2.05, 4.69) is 0 Å². The first kappa shape index (κ1) is 21.9. The first-order valence-corrected chi connectivity index (χ1v) is 11.1. The zero-order valence-electron chi connectivity index (χ0n) is 16.8. The first-order valence-electron chi connectivity index (χ1n) is 9.68. The van der Waals surface area contributed by atoms with E-state index in [0.717, 1.165) is 9.87 Å². The number of hydrogen-bond donors (Lipinski definition) is 0. The number of nitro groups is 1. The second-order valence-corrected chi connectivity index (χ2v) is 9.18. The number of nitrogens with zero attached hydrogens (tertiary/aromatic N) is 2. The summed E-state index contributed by atoms with van der Waals surface area (Å²) in [6.45, 7) is 3.51. The Kier molecular flexibility index (Phi) is 6.52. The minimum atomic E-state index is -4.02. The Labute approximate surface area is 175 Å². The normalized spacial score (nSPS) is 22.0. The van der Waals surface area contributed by atoms with Gasteiger partial charge in [-0.15, -0.1) is 0 Å². The molecule has 0 unspecified atom stereocenters. The number of rotatable bonds is 7. The van der Waals surface area contributed by atoms with Crippen molar-refractivity contribution in [1.82, 2.24) is 4.31 Å². The fourth-order valence-corrected chi connectivity index (χ4v) is 5.58. The van der Waals surface area contributed by atoms with Crippen LogP contribution in [0.3, 0.4) is 0 Å². The minimum absolute atomic E-state index is 0.0629. The van der Waals surface area contributed by atoms with Crippen LogP contribution in [0, 0.1) is 23.0 Å². The zero-order valence-corrected chi connectivity index (χ0v) is 17.6. The summed E-state index contributed by atoms with van der Waals surface area (Å²) < 4.78 is 33.0. The molecule has 1 aliphatic rings. The summed E-state index contributed by atoms with van der Waals surface area (Å²) in [5, 5.41) is 12.0. The predicted octanol–water partition coefficient (Wildman–Crippen LogP) is 2.96. The number of carbonyl (C=O) groups is 1. The molecule has 3 rings (SSSR count). The van der Waals surface area contributed by atoms with Crippen LogP contribution >= 0.6 is 0 Å². The molecule has 0 aromatic heterocycles. The summed E-state index contributed by atoms with van der Waals surface area (Å²) in [4.78, 5) is 23.7. The predicted molar refractivity (Wildman–Crippen MR) is 110 cm³/mol. The van der Waals surface area contributed by atoms with Gasteiger partial charge >= 0.3 is 5.97 Å². The number of carbonyl (C=O) groups excluding carboxylic acids is 1. The summed E-state index contributed by atoms with van der Waals surface area (Å²) >= 11 is 0. The highest BCUT2D eigenvalue weighted by Crippen LogP contribution is 2.42. The molecule has 0 spiro atoms. The van der Waals surface area contributed by atoms with Crippen molar-refractivity contribution in [3.05, 3.63) is 75.8 Å². The van der Waals surface area contributed by atoms with Crippen molar-refractivity contribution in [2.45, 2.75) is 37.2 Å². The van der Waals surface area contributed by atoms with Gasteiger partial charge in [0.1, 0.15) is 6.04 Å². The molecule has 0 saturated carbocycles. The lowest BCUT2D eigenvalue weighted by molar-refractivity contribution is -0.532. The average Bonchev–Trinajstić information content (AvgIpc) is 3.09. The Hall–Kier alpha value is -2.78. The van der Waals surface area contributed by atoms with E-state index >= 15 is 0 Å². The molecule has 0 aliphatic carbocycles. The van der Waals surface area contributed by atoms with Crippen LogP contribution in [-0.2, 0) is 19.6 Å². The Morgan fingerprint density at radius 1 is 1.17 bits per heavy atom. The third-order valence-electron chi connectivity index (χ3n) is 5.28. The summed E-state index contributed by atoms with van der Waals surface area (Å²) in [6.07, 6.45) is -0.220. The van der Waals surface area contributed by atoms with Crippen molar-refractivity contribution in [3.63, 3.8) is 0 Å². The number of hydrogen-bond acceptors (Lipinski definition) is 6. The fraction of sp³-hybridized carbons (Fsp3) is 0.381. The topological polar surface area (TPSA) is 107 Å². The molecule has 0 amide bonds. The van der Waals surface area contributed by atoms with Crippen molar-refractivity contribution in [3.8, 4) is 0 Å². The molecule has 8 nitrogen and oxygen atoms in total. The maximum atomic E-state index is 13.4. The molecule has 9 heteroatoms. The van der Waals surface area contributed by atoms with Crippen LogP contribution in [0.25, 0.3) is 0 Å². The number of aryl methyl sites for hydroxylation is 1. The van der Waals surface area contributed by atoms with Gasteiger partial charge in [-0.3, -0.25) is 14.9 Å². The van der Waals surface area contributed by atoms with Gasteiger partial charge in [-0.1, -0.05) is 48.0 Å². The van der Waals surface area contributed by atoms with Gasteiger partial charge in [-0.2, -0.15) is 4.31 Å². The van der Waals surface area contributed by atoms with Gasteiger partial charge in [0, 0.05) is 11.5 Å². The van der Waals surface area contributed by atoms with Gasteiger partial charge in [-0.25, -0.2) is 8.42 Å². The second-order valence-electron chi connectivity index (χ2n) is 7.29. The van der Waals surface area contributed by atoms with Crippen LogP contribution in [0.4, 0.5) is 0 Å². The molecule has 1 heterocycles. The van der Waals surface area contributed by atoms with Crippen LogP contribution in [0.2, 0.25) is 0 Å². The van der Waals surface area contributed by atoms with E-state index in [9.17, 15) is 23.3 Å². The van der Waals surface area contributed by atoms with Gasteiger partial charge in [0.25, 0.3) is 0 Å². The summed E-state index contributed by atoms with van der Waals surface area (Å²) in [5.74, 6) is -1.37. The summed E-state index contributed by atoms with van der Waals surface area (Å²) in [5.41, 5.74) is 1.42. The molecule has 0 N–H and O–H groups in total. The molecule has 1 saturated heterocycles. The highest BCUT2D eigenvalue weighted by Gasteiger charge is 2.55. The smallest absolute Gasteiger partial charge is 0.306 e. The molecule has 3 atom stereocenters. The highest BCUT2D eigenvalue weighted by molar-refractivity contribution is 7.89. The van der Waals surface area contributed by atoms with Crippen molar-refractivity contribution >= 4 is 16.0 Å². The van der Waals surface area contributed by atoms with Gasteiger partial charge in [0.15, 0.2) is 0 Å². The monoisotopic (exact) mass is 432 g/mol. The fourth-order valence-electron chi connectivity index (χ4n) is 3.89. The van der Waals surface area contributed by atoms with Crippen molar-refractivity contribution in [2.75, 3.05) is 13.2 Å². The van der Waals surface area contributed by atoms with E-state index in [1.165, 1.54) is 12.1 Å². The molecule has 2 aromatic carbocycles. The molecule has 0 radical (unpaired) electrons. The number of benzene rings is 2. The van der Waals surface area contributed by atoms with Crippen LogP contribution in [0.1, 0.15) is 30.5 Å². The maximum Gasteiger partial charge on any atom is 0.306 e. The number of esters is 1. The van der Waals surface area contributed by atoms with E-state index in [0.29, 0.717) is 5.56 Å². The highest BCUT2D eigenvalue weighted by atomic mass is 32.2. The number of ether oxygens (including phenoxy) is 1. The molecule has 30 heavy (non-hydrogen) atoms. The molecular formula is C21H24N2O6S. The second kappa shape index (κ2) is 8.93. The van der Waals surface area contributed by atoms with Gasteiger partial charge in [-0.05, 0) is 31.5 Å². The Balaban J connectivity index is 2.07. The lowest BCUT2D eigenvalue weighted by Crippen LogP contribution is -2.36. The van der Waals surface area contributed by atoms with E-state index < -0.39 is 38.9 Å². The van der Waals surface area contributed by atoms with E-state index in [-0.39, 0.29) is 24.5 Å². The van der Waals surface area contributed by atoms with Crippen LogP contribution < -0.4 is 0 Å². The van der Waals surface area contributed by atoms with Gasteiger partial charge in [0.2, 0.25) is 16.1 Å². The Morgan fingerprint density at radius 2 is 1.80 bits per heavy atom. The lowest BCUT2D eigenvalue weighted by Gasteiger charge is -2.24. The SMILES string of the molecule is CCOC(=O)C[C@H]1CN(S(=O)(=O)c2ccc(C)cc2)[C@@H](c2ccccc2)[C@@H]1[N+](=O)[O-]. The van der Waals surface area contributed by atoms with E-state index in [1.807, 2.05) is 6.92 Å². The minimum Gasteiger partial charge on any atom is -0.466 e. The van der Waals surface area contributed by atoms with Crippen LogP contribution in [0.15, 0.2) is 59.5 Å². The molecule has 1 aliphatic heterocycles. The molecule has 0 bridgehead atoms. The van der Waals surface area contributed by atoms with Crippen LogP contribution in [0.5, 0.6) is 0 Å². The molecule has 1 fully saturated rings. The summed E-state index contributed by atoms with van der Waals surface area (Å²) in [6, 6.07) is 12.6. The van der Waals surface area contributed by atoms with E-state index in [1.54, 1.807) is 49.4 Å². The average molecular weight is 432 g/mol. The van der Waals surface area contributed by atoms with Gasteiger partial charge in [0.05, 0.1) is 23.8 Å². The van der Waals surface area contributed by atoms with E-state index in [4.69, 9.17) is 4.74 Å². The zero-order chi connectivity index (χ0) is 21.9. The summed E-state index contributed by atoms with van der Waals surface area (Å²) in [7, 11) is -4.02. The van der Waals surface area contributed by atoms with Crippen molar-refractivity contribution in [2.24, 2.45) is 5.92 Å².